The summed E-state index contributed by atoms with van der Waals surface area (Å²) in [6.07, 6.45) is -0.350. The van der Waals surface area contributed by atoms with Crippen molar-refractivity contribution in [3.05, 3.63) is 29.8 Å². The second kappa shape index (κ2) is 6.25. The SMILES string of the molecule is CCN(C)Cc1ccccc1OC(=O)N(C)C. The van der Waals surface area contributed by atoms with Crippen LogP contribution in [0, 0.1) is 0 Å². The molecular weight excluding hydrogens is 216 g/mol. The van der Waals surface area contributed by atoms with E-state index in [1.807, 2.05) is 31.3 Å². The number of nitrogens with zero attached hydrogens (tertiary/aromatic N) is 2. The van der Waals surface area contributed by atoms with Crippen molar-refractivity contribution in [2.75, 3.05) is 27.7 Å². The van der Waals surface area contributed by atoms with Gasteiger partial charge in [0.05, 0.1) is 0 Å². The molecule has 1 amide bonds. The maximum absolute atomic E-state index is 11.5. The number of benzene rings is 1. The van der Waals surface area contributed by atoms with Crippen molar-refractivity contribution in [1.82, 2.24) is 9.80 Å². The van der Waals surface area contributed by atoms with E-state index in [2.05, 4.69) is 11.8 Å². The van der Waals surface area contributed by atoms with Gasteiger partial charge in [-0.25, -0.2) is 4.79 Å². The third-order valence-corrected chi connectivity index (χ3v) is 2.52. The number of hydrogen-bond donors (Lipinski definition) is 0. The van der Waals surface area contributed by atoms with Gasteiger partial charge in [0.1, 0.15) is 5.75 Å². The first kappa shape index (κ1) is 13.5. The van der Waals surface area contributed by atoms with Crippen LogP contribution in [-0.2, 0) is 6.54 Å². The third-order valence-electron chi connectivity index (χ3n) is 2.52. The van der Waals surface area contributed by atoms with E-state index in [1.165, 1.54) is 4.90 Å². The second-order valence-electron chi connectivity index (χ2n) is 4.20. The number of amides is 1. The Hall–Kier alpha value is -1.55. The molecule has 0 N–H and O–H groups in total. The Kier molecular flexibility index (Phi) is 4.97. The summed E-state index contributed by atoms with van der Waals surface area (Å²) in [4.78, 5) is 15.1. The number of ether oxygens (including phenoxy) is 1. The van der Waals surface area contributed by atoms with Crippen molar-refractivity contribution in [3.63, 3.8) is 0 Å². The molecule has 0 heterocycles. The van der Waals surface area contributed by atoms with Gasteiger partial charge in [0, 0.05) is 26.2 Å². The topological polar surface area (TPSA) is 32.8 Å². The highest BCUT2D eigenvalue weighted by Gasteiger charge is 2.11. The molecule has 0 unspecified atom stereocenters. The van der Waals surface area contributed by atoms with E-state index >= 15 is 0 Å². The lowest BCUT2D eigenvalue weighted by molar-refractivity contribution is 0.171. The zero-order valence-corrected chi connectivity index (χ0v) is 10.9. The first-order valence-corrected chi connectivity index (χ1v) is 5.70. The van der Waals surface area contributed by atoms with Crippen molar-refractivity contribution in [2.24, 2.45) is 0 Å². The maximum atomic E-state index is 11.5. The Balaban J connectivity index is 2.81. The van der Waals surface area contributed by atoms with Crippen molar-refractivity contribution in [1.29, 1.82) is 0 Å². The molecule has 17 heavy (non-hydrogen) atoms. The molecule has 0 saturated carbocycles. The molecule has 0 aromatic heterocycles. The van der Waals surface area contributed by atoms with Gasteiger partial charge in [-0.15, -0.1) is 0 Å². The average molecular weight is 236 g/mol. The van der Waals surface area contributed by atoms with E-state index in [1.54, 1.807) is 14.1 Å². The van der Waals surface area contributed by atoms with Crippen LogP contribution in [0.25, 0.3) is 0 Å². The van der Waals surface area contributed by atoms with Crippen molar-refractivity contribution >= 4 is 6.09 Å². The lowest BCUT2D eigenvalue weighted by atomic mass is 10.2. The predicted molar refractivity (Wildman–Crippen MR) is 68.2 cm³/mol. The summed E-state index contributed by atoms with van der Waals surface area (Å²) in [5.41, 5.74) is 1.02. The number of hydrogen-bond acceptors (Lipinski definition) is 3. The molecule has 1 aromatic carbocycles. The summed E-state index contributed by atoms with van der Waals surface area (Å²) in [6, 6.07) is 7.62. The standard InChI is InChI=1S/C13H20N2O2/c1-5-15(4)10-11-8-6-7-9-12(11)17-13(16)14(2)3/h6-9H,5,10H2,1-4H3. The second-order valence-corrected chi connectivity index (χ2v) is 4.20. The molecule has 4 nitrogen and oxygen atoms in total. The highest BCUT2D eigenvalue weighted by molar-refractivity contribution is 5.70. The number of rotatable bonds is 4. The van der Waals surface area contributed by atoms with Crippen molar-refractivity contribution in [3.8, 4) is 5.75 Å². The molecule has 0 aliphatic heterocycles. The summed E-state index contributed by atoms with van der Waals surface area (Å²) in [6.45, 7) is 3.82. The summed E-state index contributed by atoms with van der Waals surface area (Å²) in [7, 11) is 5.37. The van der Waals surface area contributed by atoms with Crippen LogP contribution in [0.15, 0.2) is 24.3 Å². The first-order chi connectivity index (χ1) is 8.04. The highest BCUT2D eigenvalue weighted by Crippen LogP contribution is 2.19. The van der Waals surface area contributed by atoms with Gasteiger partial charge in [0.25, 0.3) is 0 Å². The van der Waals surface area contributed by atoms with Crippen molar-refractivity contribution in [2.45, 2.75) is 13.5 Å². The van der Waals surface area contributed by atoms with Gasteiger partial charge in [-0.1, -0.05) is 25.1 Å². The molecule has 0 radical (unpaired) electrons. The van der Waals surface area contributed by atoms with E-state index in [4.69, 9.17) is 4.74 Å². The van der Waals surface area contributed by atoms with Crippen LogP contribution in [0.4, 0.5) is 4.79 Å². The lowest BCUT2D eigenvalue weighted by Gasteiger charge is -2.17. The minimum Gasteiger partial charge on any atom is -0.410 e. The fourth-order valence-electron chi connectivity index (χ4n) is 1.32. The van der Waals surface area contributed by atoms with Crippen LogP contribution in [0.2, 0.25) is 0 Å². The fraction of sp³-hybridized carbons (Fsp3) is 0.462. The molecule has 1 rings (SSSR count). The third kappa shape index (κ3) is 4.07. The van der Waals surface area contributed by atoms with Gasteiger partial charge >= 0.3 is 6.09 Å². The Labute approximate surface area is 103 Å². The first-order valence-electron chi connectivity index (χ1n) is 5.70. The summed E-state index contributed by atoms with van der Waals surface area (Å²) in [5.74, 6) is 0.631. The van der Waals surface area contributed by atoms with Crippen LogP contribution < -0.4 is 4.74 Å². The van der Waals surface area contributed by atoms with Crippen LogP contribution in [-0.4, -0.2) is 43.6 Å². The van der Waals surface area contributed by atoms with Gasteiger partial charge in [0.2, 0.25) is 0 Å². The maximum Gasteiger partial charge on any atom is 0.414 e. The van der Waals surface area contributed by atoms with Gasteiger partial charge in [-0.2, -0.15) is 0 Å². The zero-order chi connectivity index (χ0) is 12.8. The molecule has 4 heteroatoms. The zero-order valence-electron chi connectivity index (χ0n) is 10.9. The van der Waals surface area contributed by atoms with E-state index < -0.39 is 0 Å². The van der Waals surface area contributed by atoms with Crippen LogP contribution in [0.1, 0.15) is 12.5 Å². The predicted octanol–water partition coefficient (Wildman–Crippen LogP) is 2.20. The highest BCUT2D eigenvalue weighted by atomic mass is 16.6. The van der Waals surface area contributed by atoms with E-state index in [9.17, 15) is 4.79 Å². The molecule has 0 saturated heterocycles. The van der Waals surface area contributed by atoms with Crippen LogP contribution in [0.3, 0.4) is 0 Å². The molecule has 0 aliphatic carbocycles. The summed E-state index contributed by atoms with van der Waals surface area (Å²) in [5, 5.41) is 0. The fourth-order valence-corrected chi connectivity index (χ4v) is 1.32. The molecule has 0 atom stereocenters. The molecule has 0 aliphatic rings. The average Bonchev–Trinajstić information content (AvgIpc) is 2.31. The van der Waals surface area contributed by atoms with Gasteiger partial charge < -0.3 is 14.5 Å². The molecule has 0 bridgehead atoms. The summed E-state index contributed by atoms with van der Waals surface area (Å²) < 4.78 is 5.31. The quantitative estimate of drug-likeness (QED) is 0.803. The van der Waals surface area contributed by atoms with E-state index in [0.717, 1.165) is 18.7 Å². The minimum atomic E-state index is -0.350. The Morgan fingerprint density at radius 3 is 2.47 bits per heavy atom. The summed E-state index contributed by atoms with van der Waals surface area (Å²) >= 11 is 0. The number of para-hydroxylation sites is 1. The molecule has 0 fully saturated rings. The Morgan fingerprint density at radius 1 is 1.24 bits per heavy atom. The largest absolute Gasteiger partial charge is 0.414 e. The lowest BCUT2D eigenvalue weighted by Crippen LogP contribution is -2.26. The monoisotopic (exact) mass is 236 g/mol. The van der Waals surface area contributed by atoms with E-state index in [-0.39, 0.29) is 6.09 Å². The van der Waals surface area contributed by atoms with Crippen LogP contribution >= 0.6 is 0 Å². The number of carbonyl (C=O) groups excluding carboxylic acids is 1. The molecule has 94 valence electrons. The van der Waals surface area contributed by atoms with Gasteiger partial charge in [-0.3, -0.25) is 0 Å². The molecule has 0 spiro atoms. The smallest absolute Gasteiger partial charge is 0.410 e. The number of carbonyl (C=O) groups is 1. The molecular formula is C13H20N2O2. The Morgan fingerprint density at radius 2 is 1.88 bits per heavy atom. The normalized spacial score (nSPS) is 10.4. The van der Waals surface area contributed by atoms with Gasteiger partial charge in [-0.05, 0) is 19.7 Å². The van der Waals surface area contributed by atoms with Crippen molar-refractivity contribution < 1.29 is 9.53 Å². The van der Waals surface area contributed by atoms with Crippen LogP contribution in [0.5, 0.6) is 5.75 Å². The van der Waals surface area contributed by atoms with E-state index in [0.29, 0.717) is 5.75 Å². The molecule has 1 aromatic rings. The minimum absolute atomic E-state index is 0.350. The van der Waals surface area contributed by atoms with Gasteiger partial charge in [0.15, 0.2) is 0 Å². The Bertz CT molecular complexity index is 377.